The number of nitrogens with one attached hydrogen (secondary N) is 2. The highest BCUT2D eigenvalue weighted by atomic mass is 32.1. The van der Waals surface area contributed by atoms with Crippen molar-refractivity contribution in [3.05, 3.63) is 10.6 Å². The first kappa shape index (κ1) is 17.2. The predicted molar refractivity (Wildman–Crippen MR) is 89.8 cm³/mol. The Morgan fingerprint density at radius 3 is 2.82 bits per heavy atom. The average molecular weight is 326 g/mol. The number of carbonyl (C=O) groups is 1. The van der Waals surface area contributed by atoms with Crippen LogP contribution < -0.4 is 10.6 Å². The molecule has 7 heteroatoms. The fourth-order valence-electron chi connectivity index (χ4n) is 2.67. The number of nitrogens with zero attached hydrogens (tertiary/aromatic N) is 2. The molecule has 1 aliphatic rings. The topological polar surface area (TPSA) is 66.5 Å². The second kappa shape index (κ2) is 7.39. The van der Waals surface area contributed by atoms with E-state index in [1.165, 1.54) is 11.3 Å². The van der Waals surface area contributed by atoms with Gasteiger partial charge in [0.25, 0.3) is 5.91 Å². The van der Waals surface area contributed by atoms with E-state index in [0.717, 1.165) is 30.5 Å². The molecule has 0 radical (unpaired) electrons. The number of hydrogen-bond acceptors (Lipinski definition) is 6. The summed E-state index contributed by atoms with van der Waals surface area (Å²) in [5, 5.41) is 7.06. The molecule has 0 spiro atoms. The first-order valence-electron chi connectivity index (χ1n) is 7.75. The predicted octanol–water partition coefficient (Wildman–Crippen LogP) is 1.72. The number of hydrogen-bond donors (Lipinski definition) is 2. The molecule has 0 aliphatic carbocycles. The number of aryl methyl sites for hydroxylation is 1. The van der Waals surface area contributed by atoms with Gasteiger partial charge in [0.15, 0.2) is 5.13 Å². The fraction of sp³-hybridized carbons (Fsp3) is 0.733. The molecule has 1 aliphatic heterocycles. The number of likely N-dealkylation sites (tertiary alicyclic amines) is 1. The maximum atomic E-state index is 12.5. The average Bonchev–Trinajstić information content (AvgIpc) is 3.03. The number of methoxy groups -OCH3 is 1. The molecule has 1 amide bonds. The van der Waals surface area contributed by atoms with E-state index in [4.69, 9.17) is 4.74 Å². The number of aromatic nitrogens is 1. The normalized spacial score (nSPS) is 22.3. The summed E-state index contributed by atoms with van der Waals surface area (Å²) < 4.78 is 5.53. The van der Waals surface area contributed by atoms with Gasteiger partial charge in [0.05, 0.1) is 17.8 Å². The number of carbonyl (C=O) groups excluding carboxylic acids is 1. The molecule has 1 fully saturated rings. The van der Waals surface area contributed by atoms with Crippen LogP contribution >= 0.6 is 11.3 Å². The van der Waals surface area contributed by atoms with Gasteiger partial charge in [-0.3, -0.25) is 9.69 Å². The summed E-state index contributed by atoms with van der Waals surface area (Å²) in [6.07, 6.45) is 0.0350. The molecule has 0 unspecified atom stereocenters. The van der Waals surface area contributed by atoms with Gasteiger partial charge >= 0.3 is 0 Å². The summed E-state index contributed by atoms with van der Waals surface area (Å²) >= 11 is 1.40. The van der Waals surface area contributed by atoms with Gasteiger partial charge in [-0.1, -0.05) is 11.3 Å². The molecule has 2 heterocycles. The number of rotatable bonds is 6. The minimum atomic E-state index is -0.0585. The lowest BCUT2D eigenvalue weighted by Crippen LogP contribution is -2.43. The minimum absolute atomic E-state index is 0.0176. The third-order valence-corrected chi connectivity index (χ3v) is 5.09. The highest BCUT2D eigenvalue weighted by molar-refractivity contribution is 7.17. The summed E-state index contributed by atoms with van der Waals surface area (Å²) in [5.74, 6) is -0.0585. The molecule has 2 atom stereocenters. The van der Waals surface area contributed by atoms with Crippen molar-refractivity contribution in [2.75, 3.05) is 32.1 Å². The maximum absolute atomic E-state index is 12.5. The van der Waals surface area contributed by atoms with Gasteiger partial charge in [-0.05, 0) is 27.7 Å². The third kappa shape index (κ3) is 3.77. The van der Waals surface area contributed by atoms with E-state index in [0.29, 0.717) is 10.9 Å². The van der Waals surface area contributed by atoms with Gasteiger partial charge in [0.1, 0.15) is 4.88 Å². The molecule has 1 aromatic heterocycles. The summed E-state index contributed by atoms with van der Waals surface area (Å²) in [5.41, 5.74) is 0.770. The van der Waals surface area contributed by atoms with E-state index in [1.54, 1.807) is 7.11 Å². The Kier molecular flexibility index (Phi) is 5.77. The molecular weight excluding hydrogens is 300 g/mol. The van der Waals surface area contributed by atoms with Gasteiger partial charge in [-0.25, -0.2) is 4.98 Å². The van der Waals surface area contributed by atoms with E-state index in [-0.39, 0.29) is 18.1 Å². The molecule has 0 saturated carbocycles. The SMILES string of the molecule is CCNc1nc(C)c(C(=O)N[C@H]2CN(C(C)C)C[C@@H]2OC)s1. The smallest absolute Gasteiger partial charge is 0.263 e. The van der Waals surface area contributed by atoms with Crippen LogP contribution in [0, 0.1) is 6.92 Å². The Hall–Kier alpha value is -1.18. The van der Waals surface area contributed by atoms with E-state index in [2.05, 4.69) is 34.4 Å². The molecule has 124 valence electrons. The zero-order chi connectivity index (χ0) is 16.3. The number of thiazole rings is 1. The molecule has 1 aromatic rings. The van der Waals surface area contributed by atoms with Gasteiger partial charge in [0.2, 0.25) is 0 Å². The van der Waals surface area contributed by atoms with Crippen molar-refractivity contribution < 1.29 is 9.53 Å². The number of anilines is 1. The number of ether oxygens (including phenoxy) is 1. The quantitative estimate of drug-likeness (QED) is 0.833. The van der Waals surface area contributed by atoms with Gasteiger partial charge < -0.3 is 15.4 Å². The Morgan fingerprint density at radius 2 is 2.23 bits per heavy atom. The molecular formula is C15H26N4O2S. The lowest BCUT2D eigenvalue weighted by molar-refractivity contribution is 0.0755. The van der Waals surface area contributed by atoms with E-state index < -0.39 is 0 Å². The Bertz CT molecular complexity index is 518. The first-order valence-corrected chi connectivity index (χ1v) is 8.56. The fourth-order valence-corrected chi connectivity index (χ4v) is 3.61. The summed E-state index contributed by atoms with van der Waals surface area (Å²) in [4.78, 5) is 19.9. The van der Waals surface area contributed by atoms with Crippen molar-refractivity contribution in [3.8, 4) is 0 Å². The van der Waals surface area contributed by atoms with Crippen LogP contribution in [0.2, 0.25) is 0 Å². The molecule has 2 rings (SSSR count). The summed E-state index contributed by atoms with van der Waals surface area (Å²) in [6.45, 7) is 10.7. The maximum Gasteiger partial charge on any atom is 0.263 e. The van der Waals surface area contributed by atoms with Crippen molar-refractivity contribution in [2.24, 2.45) is 0 Å². The lowest BCUT2D eigenvalue weighted by atomic mass is 10.2. The lowest BCUT2D eigenvalue weighted by Gasteiger charge is -2.19. The Labute approximate surface area is 136 Å². The molecule has 22 heavy (non-hydrogen) atoms. The molecule has 0 bridgehead atoms. The number of amides is 1. The first-order chi connectivity index (χ1) is 10.5. The summed E-state index contributed by atoms with van der Waals surface area (Å²) in [7, 11) is 1.70. The minimum Gasteiger partial charge on any atom is -0.378 e. The van der Waals surface area contributed by atoms with Crippen LogP contribution in [-0.4, -0.2) is 60.7 Å². The van der Waals surface area contributed by atoms with Gasteiger partial charge in [-0.2, -0.15) is 0 Å². The van der Waals surface area contributed by atoms with Crippen molar-refractivity contribution in [1.82, 2.24) is 15.2 Å². The molecule has 2 N–H and O–H groups in total. The molecule has 1 saturated heterocycles. The Balaban J connectivity index is 2.04. The van der Waals surface area contributed by atoms with E-state index in [9.17, 15) is 4.79 Å². The third-order valence-electron chi connectivity index (χ3n) is 3.97. The van der Waals surface area contributed by atoms with Crippen LogP contribution in [0.25, 0.3) is 0 Å². The second-order valence-electron chi connectivity index (χ2n) is 5.87. The zero-order valence-electron chi connectivity index (χ0n) is 14.0. The highest BCUT2D eigenvalue weighted by Crippen LogP contribution is 2.23. The van der Waals surface area contributed by atoms with Crippen molar-refractivity contribution >= 4 is 22.4 Å². The van der Waals surface area contributed by atoms with Crippen molar-refractivity contribution in [2.45, 2.75) is 45.9 Å². The van der Waals surface area contributed by atoms with Crippen molar-refractivity contribution in [3.63, 3.8) is 0 Å². The van der Waals surface area contributed by atoms with Crippen LogP contribution in [0.4, 0.5) is 5.13 Å². The molecule has 6 nitrogen and oxygen atoms in total. The second-order valence-corrected chi connectivity index (χ2v) is 6.86. The van der Waals surface area contributed by atoms with E-state index >= 15 is 0 Å². The van der Waals surface area contributed by atoms with E-state index in [1.807, 2.05) is 13.8 Å². The van der Waals surface area contributed by atoms with Gasteiger partial charge in [-0.15, -0.1) is 0 Å². The van der Waals surface area contributed by atoms with Crippen LogP contribution in [0.3, 0.4) is 0 Å². The summed E-state index contributed by atoms with van der Waals surface area (Å²) in [6, 6.07) is 0.467. The van der Waals surface area contributed by atoms with Crippen LogP contribution in [-0.2, 0) is 4.74 Å². The highest BCUT2D eigenvalue weighted by Gasteiger charge is 2.35. The Morgan fingerprint density at radius 1 is 1.50 bits per heavy atom. The van der Waals surface area contributed by atoms with Crippen LogP contribution in [0.5, 0.6) is 0 Å². The zero-order valence-corrected chi connectivity index (χ0v) is 14.8. The monoisotopic (exact) mass is 326 g/mol. The molecule has 0 aromatic carbocycles. The largest absolute Gasteiger partial charge is 0.378 e. The standard InChI is InChI=1S/C15H26N4O2S/c1-6-16-15-17-10(4)13(22-15)14(20)18-11-7-19(9(2)3)8-12(11)21-5/h9,11-12H,6-8H2,1-5H3,(H,16,17)(H,18,20)/t11-,12-/m0/s1. The van der Waals surface area contributed by atoms with Crippen LogP contribution in [0.15, 0.2) is 0 Å². The van der Waals surface area contributed by atoms with Gasteiger partial charge in [0, 0.05) is 32.8 Å². The van der Waals surface area contributed by atoms with Crippen LogP contribution in [0.1, 0.15) is 36.1 Å². The van der Waals surface area contributed by atoms with Crippen molar-refractivity contribution in [1.29, 1.82) is 0 Å².